The smallest absolute Gasteiger partial charge is 0.263 e. The fourth-order valence-corrected chi connectivity index (χ4v) is 5.90. The van der Waals surface area contributed by atoms with Crippen molar-refractivity contribution in [2.24, 2.45) is 0 Å². The lowest BCUT2D eigenvalue weighted by Crippen LogP contribution is -2.51. The van der Waals surface area contributed by atoms with Crippen molar-refractivity contribution >= 4 is 92.4 Å². The van der Waals surface area contributed by atoms with Crippen molar-refractivity contribution in [1.29, 1.82) is 0 Å². The second kappa shape index (κ2) is 7.64. The van der Waals surface area contributed by atoms with Crippen molar-refractivity contribution in [3.05, 3.63) is 65.0 Å². The van der Waals surface area contributed by atoms with Crippen molar-refractivity contribution in [2.45, 2.75) is 12.5 Å². The number of H-pyrrole nitrogens is 1. The minimum atomic E-state index is -1.50. The number of aromatic nitrogens is 1. The quantitative estimate of drug-likeness (QED) is 0.261. The fraction of sp³-hybridized carbons (Fsp3) is 0.105. The average molecular weight is 649 g/mol. The van der Waals surface area contributed by atoms with Gasteiger partial charge in [0.2, 0.25) is 0 Å². The SMILES string of the molecule is O=C([O-])[C@H](Cc1c[nH]c2ccccc12)N1C(=O)c2c(Br)c(Br)c(Br)c(Br)c2C1=O. The van der Waals surface area contributed by atoms with Crippen LogP contribution in [0.2, 0.25) is 0 Å². The summed E-state index contributed by atoms with van der Waals surface area (Å²) in [5.74, 6) is -2.89. The van der Waals surface area contributed by atoms with E-state index in [1.165, 1.54) is 0 Å². The zero-order chi connectivity index (χ0) is 21.0. The lowest BCUT2D eigenvalue weighted by molar-refractivity contribution is -0.310. The molecule has 1 aliphatic heterocycles. The third-order valence-corrected chi connectivity index (χ3v) is 9.57. The first kappa shape index (κ1) is 20.8. The molecule has 2 amide bonds. The van der Waals surface area contributed by atoms with Crippen molar-refractivity contribution < 1.29 is 19.5 Å². The van der Waals surface area contributed by atoms with E-state index in [-0.39, 0.29) is 17.5 Å². The number of carbonyl (C=O) groups excluding carboxylic acids is 3. The van der Waals surface area contributed by atoms with Gasteiger partial charge in [0.15, 0.2) is 0 Å². The second-order valence-corrected chi connectivity index (χ2v) is 9.56. The van der Waals surface area contributed by atoms with Gasteiger partial charge < -0.3 is 14.9 Å². The van der Waals surface area contributed by atoms with E-state index in [9.17, 15) is 19.5 Å². The van der Waals surface area contributed by atoms with Crippen molar-refractivity contribution in [3.63, 3.8) is 0 Å². The van der Waals surface area contributed by atoms with Crippen LogP contribution in [0.1, 0.15) is 26.3 Å². The molecule has 0 saturated carbocycles. The van der Waals surface area contributed by atoms with Crippen LogP contribution in [0, 0.1) is 0 Å². The summed E-state index contributed by atoms with van der Waals surface area (Å²) in [6.07, 6.45) is 1.60. The van der Waals surface area contributed by atoms with Crippen LogP contribution in [-0.2, 0) is 11.2 Å². The summed E-state index contributed by atoms with van der Waals surface area (Å²) in [5, 5.41) is 12.8. The van der Waals surface area contributed by atoms with Crippen LogP contribution in [0.25, 0.3) is 10.9 Å². The summed E-state index contributed by atoms with van der Waals surface area (Å²) < 4.78 is 1.81. The molecule has 10 heteroatoms. The topological polar surface area (TPSA) is 93.3 Å². The highest BCUT2D eigenvalue weighted by Crippen LogP contribution is 2.45. The molecule has 0 bridgehead atoms. The third-order valence-electron chi connectivity index (χ3n) is 4.80. The van der Waals surface area contributed by atoms with Gasteiger partial charge in [0.25, 0.3) is 11.8 Å². The van der Waals surface area contributed by atoms with Gasteiger partial charge in [-0.25, -0.2) is 0 Å². The largest absolute Gasteiger partial charge is 0.548 e. The summed E-state index contributed by atoms with van der Waals surface area (Å²) in [5.41, 5.74) is 1.71. The summed E-state index contributed by atoms with van der Waals surface area (Å²) >= 11 is 13.4. The number of hydrogen-bond donors (Lipinski definition) is 1. The maximum Gasteiger partial charge on any atom is 0.263 e. The number of aliphatic carboxylic acids is 1. The Morgan fingerprint density at radius 1 is 0.966 bits per heavy atom. The van der Waals surface area contributed by atoms with Gasteiger partial charge in [0.05, 0.1) is 23.1 Å². The Kier molecular flexibility index (Phi) is 5.47. The number of nitrogens with zero attached hydrogens (tertiary/aromatic N) is 1. The monoisotopic (exact) mass is 645 g/mol. The minimum absolute atomic E-state index is 0.0740. The molecule has 3 aromatic rings. The molecule has 0 unspecified atom stereocenters. The van der Waals surface area contributed by atoms with Crippen LogP contribution in [-0.4, -0.2) is 33.7 Å². The molecule has 0 spiro atoms. The van der Waals surface area contributed by atoms with Crippen LogP contribution in [0.4, 0.5) is 0 Å². The number of amides is 2. The molecule has 1 aliphatic rings. The van der Waals surface area contributed by atoms with Gasteiger partial charge in [-0.15, -0.1) is 0 Å². The average Bonchev–Trinajstić information content (AvgIpc) is 3.21. The van der Waals surface area contributed by atoms with Crippen molar-refractivity contribution in [1.82, 2.24) is 9.88 Å². The highest BCUT2D eigenvalue weighted by molar-refractivity contribution is 9.15. The maximum absolute atomic E-state index is 13.1. The van der Waals surface area contributed by atoms with Crippen LogP contribution in [0.5, 0.6) is 0 Å². The normalized spacial score (nSPS) is 14.6. The number of carbonyl (C=O) groups is 3. The number of benzene rings is 2. The van der Waals surface area contributed by atoms with E-state index in [1.54, 1.807) is 6.20 Å². The molecular formula is C19H9Br4N2O4-. The number of rotatable bonds is 4. The van der Waals surface area contributed by atoms with E-state index in [4.69, 9.17) is 0 Å². The maximum atomic E-state index is 13.1. The van der Waals surface area contributed by atoms with Crippen molar-refractivity contribution in [3.8, 4) is 0 Å². The predicted molar refractivity (Wildman–Crippen MR) is 119 cm³/mol. The van der Waals surface area contributed by atoms with E-state index in [0.29, 0.717) is 23.5 Å². The van der Waals surface area contributed by atoms with E-state index < -0.39 is 23.8 Å². The highest BCUT2D eigenvalue weighted by atomic mass is 79.9. The molecule has 1 atom stereocenters. The molecule has 148 valence electrons. The van der Waals surface area contributed by atoms with Crippen LogP contribution in [0.3, 0.4) is 0 Å². The van der Waals surface area contributed by atoms with Crippen LogP contribution >= 0.6 is 63.7 Å². The van der Waals surface area contributed by atoms with E-state index in [2.05, 4.69) is 68.7 Å². The van der Waals surface area contributed by atoms with E-state index >= 15 is 0 Å². The summed E-state index contributed by atoms with van der Waals surface area (Å²) in [7, 11) is 0. The molecule has 0 saturated heterocycles. The number of aromatic amines is 1. The molecule has 2 heterocycles. The standard InChI is InChI=1S/C19H10Br4N2O4/c20-13-11-12(14(21)16(23)15(13)22)18(27)25(17(11)26)10(19(28)29)5-7-6-24-9-4-2-1-3-8(7)9/h1-4,6,10,24H,5H2,(H,28,29)/p-1/t10-/m0/s1. The number of hydrogen-bond acceptors (Lipinski definition) is 4. The van der Waals surface area contributed by atoms with Gasteiger partial charge >= 0.3 is 0 Å². The molecule has 2 aromatic carbocycles. The first-order valence-electron chi connectivity index (χ1n) is 8.23. The Hall–Kier alpha value is -1.49. The van der Waals surface area contributed by atoms with E-state index in [1.807, 2.05) is 24.3 Å². The Bertz CT molecular complexity index is 1170. The van der Waals surface area contributed by atoms with Gasteiger partial charge in [0, 0.05) is 41.4 Å². The molecule has 0 radical (unpaired) electrons. The number of carboxylic acid groups (broad SMARTS) is 1. The molecule has 4 rings (SSSR count). The lowest BCUT2D eigenvalue weighted by Gasteiger charge is -2.27. The van der Waals surface area contributed by atoms with Crippen LogP contribution in [0.15, 0.2) is 48.4 Å². The molecule has 1 aromatic heterocycles. The number of nitrogens with one attached hydrogen (secondary N) is 1. The van der Waals surface area contributed by atoms with Crippen molar-refractivity contribution in [2.75, 3.05) is 0 Å². The number of halogens is 4. The van der Waals surface area contributed by atoms with Gasteiger partial charge in [-0.1, -0.05) is 18.2 Å². The Balaban J connectivity index is 1.80. The number of fused-ring (bicyclic) bond motifs is 2. The Labute approximate surface area is 198 Å². The molecule has 1 N–H and O–H groups in total. The number of para-hydroxylation sites is 1. The summed E-state index contributed by atoms with van der Waals surface area (Å²) in [6.45, 7) is 0. The zero-order valence-corrected chi connectivity index (χ0v) is 20.6. The zero-order valence-electron chi connectivity index (χ0n) is 14.3. The van der Waals surface area contributed by atoms with Gasteiger partial charge in [-0.2, -0.15) is 0 Å². The van der Waals surface area contributed by atoms with Gasteiger partial charge in [-0.05, 0) is 75.3 Å². The third kappa shape index (κ3) is 3.20. The minimum Gasteiger partial charge on any atom is -0.548 e. The fourth-order valence-electron chi connectivity index (χ4n) is 3.44. The first-order chi connectivity index (χ1) is 13.7. The lowest BCUT2D eigenvalue weighted by atomic mass is 10.0. The molecule has 0 fully saturated rings. The van der Waals surface area contributed by atoms with E-state index in [0.717, 1.165) is 15.8 Å². The van der Waals surface area contributed by atoms with Crippen LogP contribution < -0.4 is 5.11 Å². The molecular weight excluding hydrogens is 640 g/mol. The van der Waals surface area contributed by atoms with Gasteiger partial charge in [0.1, 0.15) is 0 Å². The summed E-state index contributed by atoms with van der Waals surface area (Å²) in [6, 6.07) is 5.93. The number of carboxylic acids is 1. The molecule has 6 nitrogen and oxygen atoms in total. The molecule has 29 heavy (non-hydrogen) atoms. The molecule has 0 aliphatic carbocycles. The first-order valence-corrected chi connectivity index (χ1v) is 11.4. The number of imide groups is 1. The predicted octanol–water partition coefficient (Wildman–Crippen LogP) is 4.18. The Morgan fingerprint density at radius 3 is 2.07 bits per heavy atom. The van der Waals surface area contributed by atoms with Gasteiger partial charge in [-0.3, -0.25) is 14.5 Å². The summed E-state index contributed by atoms with van der Waals surface area (Å²) in [4.78, 5) is 42.0. The Morgan fingerprint density at radius 2 is 1.52 bits per heavy atom. The highest BCUT2D eigenvalue weighted by Gasteiger charge is 2.44. The second-order valence-electron chi connectivity index (χ2n) is 6.38.